The molecule has 0 bridgehead atoms. The third-order valence-corrected chi connectivity index (χ3v) is 4.92. The Morgan fingerprint density at radius 2 is 2.17 bits per heavy atom. The van der Waals surface area contributed by atoms with Gasteiger partial charge in [0.15, 0.2) is 0 Å². The molecule has 0 fully saturated rings. The first-order valence-corrected chi connectivity index (χ1v) is 7.91. The number of rotatable bonds is 4. The molecule has 0 aliphatic rings. The minimum absolute atomic E-state index is 0.150. The standard InChI is InChI=1S/C14H15BrClNS/c1-3-17-13(14-12(16)6-7-18-14)10-8-9(2)4-5-11(10)15/h4-8,13,17H,3H2,1-2H3. The lowest BCUT2D eigenvalue weighted by molar-refractivity contribution is 0.637. The zero-order chi connectivity index (χ0) is 13.1. The van der Waals surface area contributed by atoms with Crippen LogP contribution in [0, 0.1) is 6.92 Å². The molecule has 1 heterocycles. The van der Waals surface area contributed by atoms with Crippen molar-refractivity contribution >= 4 is 38.9 Å². The number of halogens is 2. The van der Waals surface area contributed by atoms with E-state index in [2.05, 4.69) is 53.3 Å². The van der Waals surface area contributed by atoms with Crippen molar-refractivity contribution < 1.29 is 0 Å². The Kier molecular flexibility index (Phi) is 4.84. The van der Waals surface area contributed by atoms with Crippen LogP contribution in [0.3, 0.4) is 0 Å². The third-order valence-electron chi connectivity index (χ3n) is 2.78. The van der Waals surface area contributed by atoms with Crippen LogP contribution < -0.4 is 5.32 Å². The van der Waals surface area contributed by atoms with Crippen LogP contribution in [-0.4, -0.2) is 6.54 Å². The Morgan fingerprint density at radius 3 is 2.78 bits per heavy atom. The molecule has 0 radical (unpaired) electrons. The highest BCUT2D eigenvalue weighted by atomic mass is 79.9. The van der Waals surface area contributed by atoms with Crippen LogP contribution in [0.5, 0.6) is 0 Å². The predicted octanol–water partition coefficient (Wildman–Crippen LogP) is 5.17. The fraction of sp³-hybridized carbons (Fsp3) is 0.286. The van der Waals surface area contributed by atoms with Crippen LogP contribution in [0.1, 0.15) is 29.0 Å². The molecule has 18 heavy (non-hydrogen) atoms. The molecular formula is C14H15BrClNS. The Balaban J connectivity index is 2.48. The number of hydrogen-bond acceptors (Lipinski definition) is 2. The van der Waals surface area contributed by atoms with Gasteiger partial charge in [-0.3, -0.25) is 0 Å². The molecule has 1 aromatic carbocycles. The summed E-state index contributed by atoms with van der Waals surface area (Å²) in [5.74, 6) is 0. The second-order valence-electron chi connectivity index (χ2n) is 4.15. The zero-order valence-corrected chi connectivity index (χ0v) is 13.5. The highest BCUT2D eigenvalue weighted by Gasteiger charge is 2.19. The summed E-state index contributed by atoms with van der Waals surface area (Å²) < 4.78 is 1.11. The average Bonchev–Trinajstić information content (AvgIpc) is 2.76. The second-order valence-corrected chi connectivity index (χ2v) is 6.36. The van der Waals surface area contributed by atoms with Crippen molar-refractivity contribution in [2.45, 2.75) is 19.9 Å². The topological polar surface area (TPSA) is 12.0 Å². The maximum Gasteiger partial charge on any atom is 0.0697 e. The number of nitrogens with one attached hydrogen (secondary N) is 1. The summed E-state index contributed by atoms with van der Waals surface area (Å²) in [6.07, 6.45) is 0. The van der Waals surface area contributed by atoms with E-state index in [0.29, 0.717) is 0 Å². The first kappa shape index (κ1) is 14.1. The maximum absolute atomic E-state index is 6.27. The van der Waals surface area contributed by atoms with Crippen LogP contribution in [0.2, 0.25) is 5.02 Å². The minimum Gasteiger partial charge on any atom is -0.306 e. The van der Waals surface area contributed by atoms with Crippen molar-refractivity contribution in [2.24, 2.45) is 0 Å². The largest absolute Gasteiger partial charge is 0.306 e. The molecule has 0 saturated heterocycles. The molecular weight excluding hydrogens is 330 g/mol. The van der Waals surface area contributed by atoms with Crippen molar-refractivity contribution in [2.75, 3.05) is 6.54 Å². The van der Waals surface area contributed by atoms with E-state index in [4.69, 9.17) is 11.6 Å². The molecule has 0 saturated carbocycles. The van der Waals surface area contributed by atoms with Crippen LogP contribution in [0.15, 0.2) is 34.1 Å². The van der Waals surface area contributed by atoms with Gasteiger partial charge in [0.1, 0.15) is 0 Å². The van der Waals surface area contributed by atoms with E-state index < -0.39 is 0 Å². The van der Waals surface area contributed by atoms with E-state index in [1.807, 2.05) is 11.4 Å². The van der Waals surface area contributed by atoms with Gasteiger partial charge < -0.3 is 5.32 Å². The van der Waals surface area contributed by atoms with Gasteiger partial charge in [-0.2, -0.15) is 0 Å². The maximum atomic E-state index is 6.27. The number of hydrogen-bond donors (Lipinski definition) is 1. The van der Waals surface area contributed by atoms with Gasteiger partial charge in [0, 0.05) is 9.35 Å². The highest BCUT2D eigenvalue weighted by Crippen LogP contribution is 2.36. The van der Waals surface area contributed by atoms with E-state index in [0.717, 1.165) is 16.0 Å². The first-order valence-electron chi connectivity index (χ1n) is 5.85. The van der Waals surface area contributed by atoms with Gasteiger partial charge in [0.25, 0.3) is 0 Å². The first-order chi connectivity index (χ1) is 8.63. The number of aryl methyl sites for hydroxylation is 1. The normalized spacial score (nSPS) is 12.7. The Bertz CT molecular complexity index is 538. The quantitative estimate of drug-likeness (QED) is 0.806. The minimum atomic E-state index is 0.150. The summed E-state index contributed by atoms with van der Waals surface area (Å²) in [6.45, 7) is 5.12. The van der Waals surface area contributed by atoms with E-state index in [-0.39, 0.29) is 6.04 Å². The van der Waals surface area contributed by atoms with Gasteiger partial charge in [0.2, 0.25) is 0 Å². The lowest BCUT2D eigenvalue weighted by Crippen LogP contribution is -2.21. The van der Waals surface area contributed by atoms with Crippen molar-refractivity contribution in [3.8, 4) is 0 Å². The Labute approximate surface area is 125 Å². The smallest absolute Gasteiger partial charge is 0.0697 e. The van der Waals surface area contributed by atoms with Crippen LogP contribution in [-0.2, 0) is 0 Å². The molecule has 0 amide bonds. The number of benzene rings is 1. The molecule has 1 atom stereocenters. The molecule has 2 aromatic rings. The lowest BCUT2D eigenvalue weighted by atomic mass is 10.0. The van der Waals surface area contributed by atoms with Crippen molar-refractivity contribution in [1.82, 2.24) is 5.32 Å². The third kappa shape index (κ3) is 2.97. The van der Waals surface area contributed by atoms with Gasteiger partial charge >= 0.3 is 0 Å². The SMILES string of the molecule is CCNC(c1cc(C)ccc1Br)c1sccc1Cl. The van der Waals surface area contributed by atoms with Gasteiger partial charge in [0.05, 0.1) is 11.1 Å². The molecule has 0 aliphatic heterocycles. The zero-order valence-electron chi connectivity index (χ0n) is 10.3. The Hall–Kier alpha value is -0.350. The second kappa shape index (κ2) is 6.20. The van der Waals surface area contributed by atoms with E-state index >= 15 is 0 Å². The summed E-state index contributed by atoms with van der Waals surface area (Å²) in [5.41, 5.74) is 2.49. The van der Waals surface area contributed by atoms with Crippen molar-refractivity contribution in [3.63, 3.8) is 0 Å². The summed E-state index contributed by atoms with van der Waals surface area (Å²) in [5, 5.41) is 6.37. The molecule has 4 heteroatoms. The fourth-order valence-electron chi connectivity index (χ4n) is 1.94. The van der Waals surface area contributed by atoms with Crippen molar-refractivity contribution in [1.29, 1.82) is 0 Å². The Morgan fingerprint density at radius 1 is 1.39 bits per heavy atom. The molecule has 1 unspecified atom stereocenters. The van der Waals surface area contributed by atoms with Gasteiger partial charge in [-0.25, -0.2) is 0 Å². The molecule has 1 nitrogen and oxygen atoms in total. The van der Waals surface area contributed by atoms with E-state index in [9.17, 15) is 0 Å². The fourth-order valence-corrected chi connectivity index (χ4v) is 3.68. The summed E-state index contributed by atoms with van der Waals surface area (Å²) >= 11 is 11.6. The number of thiophene rings is 1. The van der Waals surface area contributed by atoms with Crippen LogP contribution in [0.25, 0.3) is 0 Å². The summed E-state index contributed by atoms with van der Waals surface area (Å²) in [4.78, 5) is 1.17. The summed E-state index contributed by atoms with van der Waals surface area (Å²) in [6, 6.07) is 8.50. The molecule has 96 valence electrons. The molecule has 1 N–H and O–H groups in total. The molecule has 0 aliphatic carbocycles. The van der Waals surface area contributed by atoms with E-state index in [1.165, 1.54) is 16.0 Å². The molecule has 2 rings (SSSR count). The highest BCUT2D eigenvalue weighted by molar-refractivity contribution is 9.10. The average molecular weight is 345 g/mol. The monoisotopic (exact) mass is 343 g/mol. The van der Waals surface area contributed by atoms with Gasteiger partial charge in [-0.05, 0) is 36.5 Å². The molecule has 1 aromatic heterocycles. The van der Waals surface area contributed by atoms with E-state index in [1.54, 1.807) is 11.3 Å². The van der Waals surface area contributed by atoms with Gasteiger partial charge in [-0.15, -0.1) is 11.3 Å². The van der Waals surface area contributed by atoms with Gasteiger partial charge in [-0.1, -0.05) is 52.2 Å². The van der Waals surface area contributed by atoms with Crippen molar-refractivity contribution in [3.05, 3.63) is 55.1 Å². The van der Waals surface area contributed by atoms with Crippen LogP contribution in [0.4, 0.5) is 0 Å². The predicted molar refractivity (Wildman–Crippen MR) is 83.7 cm³/mol. The lowest BCUT2D eigenvalue weighted by Gasteiger charge is -2.19. The molecule has 0 spiro atoms. The van der Waals surface area contributed by atoms with Crippen LogP contribution >= 0.6 is 38.9 Å². The summed E-state index contributed by atoms with van der Waals surface area (Å²) in [7, 11) is 0.